The zero-order chi connectivity index (χ0) is 14.2. The van der Waals surface area contributed by atoms with Crippen LogP contribution in [0, 0.1) is 6.92 Å². The summed E-state index contributed by atoms with van der Waals surface area (Å²) < 4.78 is 1.55. The molecule has 0 aliphatic heterocycles. The molecule has 3 N–H and O–H groups in total. The van der Waals surface area contributed by atoms with Crippen molar-refractivity contribution >= 4 is 29.1 Å². The van der Waals surface area contributed by atoms with Crippen LogP contribution in [-0.2, 0) is 4.79 Å². The van der Waals surface area contributed by atoms with Gasteiger partial charge in [-0.2, -0.15) is 19.6 Å². The molecular formula is C11H15ClN6O. The highest BCUT2D eigenvalue weighted by Crippen LogP contribution is 2.25. The smallest absolute Gasteiger partial charge is 0.255 e. The molecule has 0 aromatic carbocycles. The number of amides is 1. The number of aromatic nitrogens is 4. The van der Waals surface area contributed by atoms with Crippen LogP contribution in [0.3, 0.4) is 0 Å². The first-order valence-electron chi connectivity index (χ1n) is 5.72. The van der Waals surface area contributed by atoms with E-state index in [0.717, 1.165) is 5.56 Å². The lowest BCUT2D eigenvalue weighted by atomic mass is 10.00. The number of carbonyl (C=O) groups excluding carboxylic acids is 1. The number of nitrogens with zero attached hydrogens (tertiary/aromatic N) is 4. The Bertz CT molecular complexity index is 635. The second kappa shape index (κ2) is 4.65. The van der Waals surface area contributed by atoms with Gasteiger partial charge in [-0.25, -0.2) is 0 Å². The molecule has 2 heterocycles. The molecule has 0 aliphatic rings. The monoisotopic (exact) mass is 282 g/mol. The molecule has 8 heteroatoms. The molecule has 19 heavy (non-hydrogen) atoms. The molecule has 0 unspecified atom stereocenters. The quantitative estimate of drug-likeness (QED) is 0.820. The largest absolute Gasteiger partial charge is 0.370 e. The Hall–Kier alpha value is -1.89. The number of fused-ring (bicyclic) bond motifs is 1. The van der Waals surface area contributed by atoms with E-state index in [1.807, 2.05) is 20.8 Å². The number of halogens is 1. The summed E-state index contributed by atoms with van der Waals surface area (Å²) in [6.45, 7) is 5.56. The average molecular weight is 283 g/mol. The third kappa shape index (κ3) is 2.76. The molecule has 0 saturated carbocycles. The molecule has 2 aromatic rings. The first-order chi connectivity index (χ1) is 8.80. The Morgan fingerprint density at radius 1 is 1.58 bits per heavy atom. The summed E-state index contributed by atoms with van der Waals surface area (Å²) in [5.41, 5.74) is 5.45. The van der Waals surface area contributed by atoms with Crippen molar-refractivity contribution in [3.63, 3.8) is 0 Å². The van der Waals surface area contributed by atoms with Crippen LogP contribution in [0.5, 0.6) is 0 Å². The summed E-state index contributed by atoms with van der Waals surface area (Å²) in [6, 6.07) is 0. The highest BCUT2D eigenvalue weighted by atomic mass is 35.5. The highest BCUT2D eigenvalue weighted by molar-refractivity contribution is 6.30. The molecule has 102 valence electrons. The number of hydrogen-bond acceptors (Lipinski definition) is 5. The molecule has 0 saturated heterocycles. The molecule has 2 rings (SSSR count). The number of primary amides is 1. The lowest BCUT2D eigenvalue weighted by molar-refractivity contribution is -0.118. The molecule has 1 amide bonds. The van der Waals surface area contributed by atoms with Gasteiger partial charge in [0.05, 0.1) is 0 Å². The third-order valence-corrected chi connectivity index (χ3v) is 3.05. The van der Waals surface area contributed by atoms with Crippen molar-refractivity contribution in [1.82, 2.24) is 19.6 Å². The Morgan fingerprint density at radius 3 is 2.89 bits per heavy atom. The van der Waals surface area contributed by atoms with Crippen LogP contribution in [0.25, 0.3) is 5.78 Å². The van der Waals surface area contributed by atoms with Crippen LogP contribution in [0.15, 0.2) is 6.33 Å². The van der Waals surface area contributed by atoms with Crippen molar-refractivity contribution in [3.8, 4) is 0 Å². The van der Waals surface area contributed by atoms with E-state index in [-0.39, 0.29) is 12.3 Å². The van der Waals surface area contributed by atoms with E-state index in [1.165, 1.54) is 6.33 Å². The van der Waals surface area contributed by atoms with Gasteiger partial charge in [-0.3, -0.25) is 4.79 Å². The summed E-state index contributed by atoms with van der Waals surface area (Å²) in [5, 5.41) is 7.66. The third-order valence-electron chi connectivity index (χ3n) is 2.68. The molecular weight excluding hydrogens is 268 g/mol. The van der Waals surface area contributed by atoms with Crippen LogP contribution < -0.4 is 11.1 Å². The maximum absolute atomic E-state index is 11.1. The summed E-state index contributed by atoms with van der Waals surface area (Å²) in [6.07, 6.45) is 1.58. The SMILES string of the molecule is Cc1c(Cl)nc2ncnn2c1NC(C)(C)CC(N)=O. The van der Waals surface area contributed by atoms with Crippen molar-refractivity contribution < 1.29 is 4.79 Å². The van der Waals surface area contributed by atoms with Crippen molar-refractivity contribution in [2.75, 3.05) is 5.32 Å². The lowest BCUT2D eigenvalue weighted by Gasteiger charge is -2.27. The van der Waals surface area contributed by atoms with E-state index in [0.29, 0.717) is 16.7 Å². The van der Waals surface area contributed by atoms with E-state index in [2.05, 4.69) is 20.4 Å². The van der Waals surface area contributed by atoms with E-state index in [4.69, 9.17) is 17.3 Å². The fourth-order valence-corrected chi connectivity index (χ4v) is 2.01. The van der Waals surface area contributed by atoms with Gasteiger partial charge in [0.1, 0.15) is 17.3 Å². The zero-order valence-corrected chi connectivity index (χ0v) is 11.7. The van der Waals surface area contributed by atoms with Crippen molar-refractivity contribution in [1.29, 1.82) is 0 Å². The van der Waals surface area contributed by atoms with Crippen LogP contribution >= 0.6 is 11.6 Å². The maximum Gasteiger partial charge on any atom is 0.255 e. The summed E-state index contributed by atoms with van der Waals surface area (Å²) in [5.74, 6) is 0.664. The van der Waals surface area contributed by atoms with Gasteiger partial charge in [0.15, 0.2) is 0 Å². The van der Waals surface area contributed by atoms with Crippen molar-refractivity contribution in [2.24, 2.45) is 5.73 Å². The van der Waals surface area contributed by atoms with Gasteiger partial charge in [0.25, 0.3) is 5.78 Å². The zero-order valence-electron chi connectivity index (χ0n) is 10.9. The number of hydrogen-bond donors (Lipinski definition) is 2. The maximum atomic E-state index is 11.1. The van der Waals surface area contributed by atoms with Crippen LogP contribution in [-0.4, -0.2) is 31.0 Å². The highest BCUT2D eigenvalue weighted by Gasteiger charge is 2.23. The number of rotatable bonds is 4. The Balaban J connectivity index is 2.47. The van der Waals surface area contributed by atoms with Crippen LogP contribution in [0.1, 0.15) is 25.8 Å². The van der Waals surface area contributed by atoms with E-state index >= 15 is 0 Å². The minimum atomic E-state index is -0.528. The molecule has 0 atom stereocenters. The summed E-state index contributed by atoms with van der Waals surface area (Å²) >= 11 is 6.06. The minimum absolute atomic E-state index is 0.183. The van der Waals surface area contributed by atoms with Gasteiger partial charge >= 0.3 is 0 Å². The molecule has 0 aliphatic carbocycles. The number of nitrogens with one attached hydrogen (secondary N) is 1. The molecule has 0 spiro atoms. The normalized spacial score (nSPS) is 11.8. The Labute approximate surface area is 115 Å². The fraction of sp³-hybridized carbons (Fsp3) is 0.455. The van der Waals surface area contributed by atoms with Gasteiger partial charge in [-0.1, -0.05) is 11.6 Å². The number of nitrogens with two attached hydrogens (primary N) is 1. The van der Waals surface area contributed by atoms with E-state index in [1.54, 1.807) is 4.52 Å². The average Bonchev–Trinajstić information content (AvgIpc) is 2.70. The van der Waals surface area contributed by atoms with Crippen molar-refractivity contribution in [3.05, 3.63) is 17.0 Å². The first kappa shape index (κ1) is 13.5. The van der Waals surface area contributed by atoms with E-state index in [9.17, 15) is 4.79 Å². The molecule has 2 aromatic heterocycles. The number of anilines is 1. The summed E-state index contributed by atoms with van der Waals surface area (Å²) in [4.78, 5) is 19.2. The molecule has 0 fully saturated rings. The standard InChI is InChI=1S/C11H15ClN6O/c1-6-8(12)16-10-14-5-15-18(10)9(6)17-11(2,3)4-7(13)19/h5,17H,4H2,1-3H3,(H2,13,19). The van der Waals surface area contributed by atoms with Crippen molar-refractivity contribution in [2.45, 2.75) is 32.7 Å². The predicted molar refractivity (Wildman–Crippen MR) is 72.0 cm³/mol. The van der Waals surface area contributed by atoms with Crippen LogP contribution in [0.2, 0.25) is 5.15 Å². The summed E-state index contributed by atoms with van der Waals surface area (Å²) in [7, 11) is 0. The first-order valence-corrected chi connectivity index (χ1v) is 6.10. The molecule has 0 bridgehead atoms. The van der Waals surface area contributed by atoms with Gasteiger partial charge in [-0.15, -0.1) is 0 Å². The van der Waals surface area contributed by atoms with Gasteiger partial charge in [-0.05, 0) is 20.8 Å². The topological polar surface area (TPSA) is 98.2 Å². The fourth-order valence-electron chi connectivity index (χ4n) is 1.84. The lowest BCUT2D eigenvalue weighted by Crippen LogP contribution is -2.37. The minimum Gasteiger partial charge on any atom is -0.370 e. The Morgan fingerprint density at radius 2 is 2.26 bits per heavy atom. The van der Waals surface area contributed by atoms with Gasteiger partial charge in [0, 0.05) is 17.5 Å². The van der Waals surface area contributed by atoms with Gasteiger partial charge in [0.2, 0.25) is 5.91 Å². The predicted octanol–water partition coefficient (Wildman–Crippen LogP) is 1.15. The van der Waals surface area contributed by atoms with Crippen LogP contribution in [0.4, 0.5) is 5.82 Å². The van der Waals surface area contributed by atoms with Gasteiger partial charge < -0.3 is 11.1 Å². The molecule has 0 radical (unpaired) electrons. The second-order valence-corrected chi connectivity index (χ2v) is 5.36. The number of carbonyl (C=O) groups is 1. The second-order valence-electron chi connectivity index (χ2n) is 5.00. The van der Waals surface area contributed by atoms with E-state index < -0.39 is 5.54 Å². The molecule has 7 nitrogen and oxygen atoms in total. The Kier molecular flexibility index (Phi) is 3.32.